The molecule has 2 N–H and O–H groups in total. The van der Waals surface area contributed by atoms with Crippen LogP contribution < -0.4 is 10.6 Å². The number of nitrogens with zero attached hydrogens (tertiary/aromatic N) is 1. The van der Waals surface area contributed by atoms with Crippen LogP contribution in [0.2, 0.25) is 0 Å². The van der Waals surface area contributed by atoms with Crippen molar-refractivity contribution in [3.63, 3.8) is 0 Å². The largest absolute Gasteiger partial charge is 0.373 e. The van der Waals surface area contributed by atoms with E-state index >= 15 is 0 Å². The summed E-state index contributed by atoms with van der Waals surface area (Å²) in [5.41, 5.74) is 7.97. The Morgan fingerprint density at radius 1 is 1.19 bits per heavy atom. The molecule has 90 valence electrons. The molecule has 0 aliphatic heterocycles. The molecule has 1 aromatic rings. The fourth-order valence-corrected chi connectivity index (χ4v) is 2.74. The molecule has 0 bridgehead atoms. The normalized spacial score (nSPS) is 12.1. The molecule has 0 radical (unpaired) electrons. The van der Waals surface area contributed by atoms with E-state index in [4.69, 9.17) is 30.2 Å². The average molecular weight is 256 g/mol. The van der Waals surface area contributed by atoms with Crippen molar-refractivity contribution in [3.05, 3.63) is 14.6 Å². The van der Waals surface area contributed by atoms with E-state index in [1.807, 2.05) is 0 Å². The van der Waals surface area contributed by atoms with Crippen molar-refractivity contribution < 1.29 is 0 Å². The van der Waals surface area contributed by atoms with E-state index in [9.17, 15) is 0 Å². The zero-order valence-electron chi connectivity index (χ0n) is 10.5. The van der Waals surface area contributed by atoms with Crippen LogP contribution in [0.3, 0.4) is 0 Å². The van der Waals surface area contributed by atoms with Crippen molar-refractivity contribution in [2.75, 3.05) is 25.0 Å². The van der Waals surface area contributed by atoms with Gasteiger partial charge in [-0.25, -0.2) is 0 Å². The minimum Gasteiger partial charge on any atom is -0.373 e. The zero-order valence-corrected chi connectivity index (χ0v) is 12.1. The maximum atomic E-state index is 5.52. The summed E-state index contributed by atoms with van der Waals surface area (Å²) in [7, 11) is 2.06. The van der Waals surface area contributed by atoms with Crippen LogP contribution in [0.25, 0.3) is 0 Å². The lowest BCUT2D eigenvalue weighted by Gasteiger charge is -2.32. The Morgan fingerprint density at radius 3 is 2.19 bits per heavy atom. The topological polar surface area (TPSA) is 29.3 Å². The first-order valence-electron chi connectivity index (χ1n) is 5.55. The number of hydrogen-bond acceptors (Lipinski definition) is 4. The highest BCUT2D eigenvalue weighted by molar-refractivity contribution is 7.74. The zero-order chi connectivity index (χ0) is 12.5. The third-order valence-corrected chi connectivity index (χ3v) is 3.65. The van der Waals surface area contributed by atoms with Gasteiger partial charge in [-0.05, 0) is 18.4 Å². The third-order valence-electron chi connectivity index (χ3n) is 2.71. The number of hydrogen-bond donors (Lipinski definition) is 1. The van der Waals surface area contributed by atoms with Gasteiger partial charge in [0.15, 0.2) is 0 Å². The lowest BCUT2D eigenvalue weighted by atomic mass is 9.83. The molecule has 2 nitrogen and oxygen atoms in total. The molecule has 1 rings (SSSR count). The summed E-state index contributed by atoms with van der Waals surface area (Å²) < 4.78 is 1.72. The van der Waals surface area contributed by atoms with E-state index in [2.05, 4.69) is 32.7 Å². The fourth-order valence-electron chi connectivity index (χ4n) is 1.88. The highest BCUT2D eigenvalue weighted by Crippen LogP contribution is 2.38. The first-order chi connectivity index (χ1) is 7.30. The molecule has 4 heteroatoms. The molecule has 0 unspecified atom stereocenters. The van der Waals surface area contributed by atoms with Gasteiger partial charge in [0.1, 0.15) is 0 Å². The summed E-state index contributed by atoms with van der Waals surface area (Å²) in [5, 5.41) is 0. The molecular formula is C12H20N2S2. The Labute approximate surface area is 108 Å². The van der Waals surface area contributed by atoms with Crippen molar-refractivity contribution in [3.8, 4) is 0 Å². The molecule has 0 heterocycles. The number of anilines is 1. The lowest BCUT2D eigenvalue weighted by molar-refractivity contribution is 0.580. The number of nitrogens with two attached hydrogens (primary N) is 1. The summed E-state index contributed by atoms with van der Waals surface area (Å²) in [6, 6.07) is 0. The molecule has 0 atom stereocenters. The monoisotopic (exact) mass is 256 g/mol. The average Bonchev–Trinajstić information content (AvgIpc) is 2.18. The van der Waals surface area contributed by atoms with Gasteiger partial charge in [-0.15, -0.1) is 0 Å². The lowest BCUT2D eigenvalue weighted by Crippen LogP contribution is -2.28. The van der Waals surface area contributed by atoms with Gasteiger partial charge in [0.05, 0.1) is 14.7 Å². The van der Waals surface area contributed by atoms with Gasteiger partial charge in [0, 0.05) is 19.2 Å². The minimum absolute atomic E-state index is 0.0751. The van der Waals surface area contributed by atoms with Crippen molar-refractivity contribution in [1.82, 2.24) is 0 Å². The molecular weight excluding hydrogens is 236 g/mol. The third kappa shape index (κ3) is 2.50. The second-order valence-electron chi connectivity index (χ2n) is 5.20. The van der Waals surface area contributed by atoms with Crippen LogP contribution in [-0.2, 0) is 5.41 Å². The van der Waals surface area contributed by atoms with Gasteiger partial charge in [0.25, 0.3) is 0 Å². The molecule has 1 aromatic carbocycles. The van der Waals surface area contributed by atoms with Crippen LogP contribution in [0, 0.1) is 9.02 Å². The van der Waals surface area contributed by atoms with E-state index in [0.717, 1.165) is 27.7 Å². The van der Waals surface area contributed by atoms with Crippen molar-refractivity contribution in [2.45, 2.75) is 32.6 Å². The smallest absolute Gasteiger partial charge is 0.0798 e. The Bertz CT molecular complexity index is 436. The van der Waals surface area contributed by atoms with Crippen molar-refractivity contribution >= 4 is 30.1 Å². The molecule has 16 heavy (non-hydrogen) atoms. The number of rotatable bonds is 4. The summed E-state index contributed by atoms with van der Waals surface area (Å²) in [4.78, 5) is 2.19. The van der Waals surface area contributed by atoms with E-state index < -0.39 is 0 Å². The van der Waals surface area contributed by atoms with Crippen LogP contribution in [0.1, 0.15) is 32.8 Å². The van der Waals surface area contributed by atoms with E-state index in [0.29, 0.717) is 6.54 Å². The van der Waals surface area contributed by atoms with Gasteiger partial charge < -0.3 is 10.6 Å². The molecule has 0 spiro atoms. The van der Waals surface area contributed by atoms with E-state index in [1.165, 1.54) is 5.56 Å². The first-order valence-corrected chi connectivity index (χ1v) is 6.37. The molecule has 0 aliphatic carbocycles. The van der Waals surface area contributed by atoms with Gasteiger partial charge in [-0.3, -0.25) is 0 Å². The van der Waals surface area contributed by atoms with Gasteiger partial charge in [0.2, 0.25) is 0 Å². The van der Waals surface area contributed by atoms with Crippen LogP contribution in [0.5, 0.6) is 0 Å². The van der Waals surface area contributed by atoms with Crippen LogP contribution >= 0.6 is 24.4 Å². The Hall–Kier alpha value is -0.320. The van der Waals surface area contributed by atoms with E-state index in [-0.39, 0.29) is 5.41 Å². The summed E-state index contributed by atoms with van der Waals surface area (Å²) in [5.74, 6) is 0. The van der Waals surface area contributed by atoms with E-state index in [1.54, 1.807) is 0 Å². The summed E-state index contributed by atoms with van der Waals surface area (Å²) in [6.45, 7) is 8.17. The van der Waals surface area contributed by atoms with Crippen molar-refractivity contribution in [1.29, 1.82) is 0 Å². The predicted molar refractivity (Wildman–Crippen MR) is 76.1 cm³/mol. The quantitative estimate of drug-likeness (QED) is 0.838. The van der Waals surface area contributed by atoms with Gasteiger partial charge in [-0.2, -0.15) is 0 Å². The maximum absolute atomic E-state index is 5.52. The highest BCUT2D eigenvalue weighted by Gasteiger charge is 2.27. The molecule has 0 amide bonds. The minimum atomic E-state index is 0.0751. The summed E-state index contributed by atoms with van der Waals surface area (Å²) in [6.07, 6.45) is 0.979. The highest BCUT2D eigenvalue weighted by atomic mass is 32.1. The van der Waals surface area contributed by atoms with Gasteiger partial charge in [-0.1, -0.05) is 45.2 Å². The standard InChI is InChI=1S/C12H20N2S2/c1-12(2,3)8-9(11(16)10(8)15)14(4)7-5-6-13/h5-7,13H2,1-4H3. The molecule has 0 saturated heterocycles. The summed E-state index contributed by atoms with van der Waals surface area (Å²) >= 11 is 10.7. The molecule has 0 aromatic heterocycles. The van der Waals surface area contributed by atoms with Crippen molar-refractivity contribution in [2.24, 2.45) is 5.73 Å². The van der Waals surface area contributed by atoms with Crippen LogP contribution in [0.15, 0.2) is 0 Å². The van der Waals surface area contributed by atoms with Crippen LogP contribution in [-0.4, -0.2) is 20.1 Å². The Kier molecular flexibility index (Phi) is 4.21. The second kappa shape index (κ2) is 4.90. The van der Waals surface area contributed by atoms with Crippen LogP contribution in [0.4, 0.5) is 5.69 Å². The Balaban J connectivity index is 3.02. The fraction of sp³-hybridized carbons (Fsp3) is 0.667. The predicted octanol–water partition coefficient (Wildman–Crippen LogP) is 3.10. The Morgan fingerprint density at radius 2 is 1.75 bits per heavy atom. The first kappa shape index (κ1) is 13.7. The molecule has 0 saturated carbocycles. The SMILES string of the molecule is CN(CCCN)c1c(C(C)(C)C)c(=S)c1=S. The maximum Gasteiger partial charge on any atom is 0.0798 e. The molecule has 0 fully saturated rings. The second-order valence-corrected chi connectivity index (χ2v) is 6.01. The van der Waals surface area contributed by atoms with Gasteiger partial charge >= 0.3 is 0 Å². The molecule has 0 aliphatic rings.